The van der Waals surface area contributed by atoms with Crippen molar-refractivity contribution in [2.24, 2.45) is 5.92 Å². The van der Waals surface area contributed by atoms with Crippen molar-refractivity contribution in [2.45, 2.75) is 107 Å². The van der Waals surface area contributed by atoms with Crippen molar-refractivity contribution in [1.29, 1.82) is 0 Å². The Kier molecular flexibility index (Phi) is 10.6. The number of amides is 5. The van der Waals surface area contributed by atoms with Gasteiger partial charge in [0.2, 0.25) is 21.8 Å². The van der Waals surface area contributed by atoms with E-state index < -0.39 is 98.4 Å². The minimum absolute atomic E-state index is 0.0371. The van der Waals surface area contributed by atoms with Crippen molar-refractivity contribution in [3.63, 3.8) is 0 Å². The highest BCUT2D eigenvalue weighted by molar-refractivity contribution is 7.91. The number of Topliss-reactive ketones (excluding diaryl/α,β-unsaturated/α-hetero) is 1. The first-order chi connectivity index (χ1) is 24.2. The van der Waals surface area contributed by atoms with E-state index in [2.05, 4.69) is 28.5 Å². The molecular formula is C35H44FN5O10S. The Hall–Kier alpha value is -4.80. The Morgan fingerprint density at radius 3 is 2.40 bits per heavy atom. The van der Waals surface area contributed by atoms with Crippen LogP contribution >= 0.6 is 0 Å². The van der Waals surface area contributed by atoms with Crippen LogP contribution in [0.1, 0.15) is 70.9 Å². The molecule has 3 N–H and O–H groups in total. The van der Waals surface area contributed by atoms with Crippen LogP contribution in [0.4, 0.5) is 14.0 Å². The van der Waals surface area contributed by atoms with Gasteiger partial charge in [0, 0.05) is 30.9 Å². The fourth-order valence-electron chi connectivity index (χ4n) is 6.33. The van der Waals surface area contributed by atoms with Gasteiger partial charge < -0.3 is 25.0 Å². The lowest BCUT2D eigenvalue weighted by atomic mass is 10.0. The maximum Gasteiger partial charge on any atom is 0.410 e. The van der Waals surface area contributed by atoms with Crippen LogP contribution in [0.3, 0.4) is 0 Å². The van der Waals surface area contributed by atoms with Crippen LogP contribution in [0.2, 0.25) is 0 Å². The molecular weight excluding hydrogens is 701 g/mol. The molecule has 0 spiro atoms. The topological polar surface area (TPSA) is 198 Å². The van der Waals surface area contributed by atoms with E-state index in [-0.39, 0.29) is 38.0 Å². The number of ketones is 1. The molecule has 1 unspecified atom stereocenters. The zero-order valence-corrected chi connectivity index (χ0v) is 30.3. The molecule has 17 heteroatoms. The number of sulfonamides is 1. The van der Waals surface area contributed by atoms with Gasteiger partial charge in [0.25, 0.3) is 5.91 Å². The fraction of sp³-hybridized carbons (Fsp3) is 0.543. The van der Waals surface area contributed by atoms with Crippen molar-refractivity contribution >= 4 is 45.7 Å². The SMILES string of the molecule is C=C[C@@H]1C[C@]1(NC(=O)[C@@H]1CC(OC(=O)N2Cc3cccc(F)c3C2)CN1C(=O)[C@H](CC(=O)C(=C)C)NC(=O)OC(C)(C)C)C(=O)NS(=O)(=O)C1CC1. The molecule has 0 bridgehead atoms. The number of hydrogen-bond acceptors (Lipinski definition) is 10. The van der Waals surface area contributed by atoms with E-state index in [0.717, 1.165) is 4.90 Å². The summed E-state index contributed by atoms with van der Waals surface area (Å²) in [4.78, 5) is 82.9. The van der Waals surface area contributed by atoms with Gasteiger partial charge in [-0.05, 0) is 64.2 Å². The predicted molar refractivity (Wildman–Crippen MR) is 183 cm³/mol. The first-order valence-electron chi connectivity index (χ1n) is 17.0. The summed E-state index contributed by atoms with van der Waals surface area (Å²) in [6.07, 6.45) is -1.48. The monoisotopic (exact) mass is 745 g/mol. The number of ether oxygens (including phenoxy) is 2. The van der Waals surface area contributed by atoms with Gasteiger partial charge in [-0.1, -0.05) is 24.8 Å². The molecule has 2 heterocycles. The Bertz CT molecular complexity index is 1820. The maximum absolute atomic E-state index is 14.4. The number of carbonyl (C=O) groups is 6. The highest BCUT2D eigenvalue weighted by Crippen LogP contribution is 2.45. The van der Waals surface area contributed by atoms with Crippen molar-refractivity contribution in [1.82, 2.24) is 25.2 Å². The number of nitrogens with one attached hydrogen (secondary N) is 3. The first-order valence-corrected chi connectivity index (χ1v) is 18.5. The van der Waals surface area contributed by atoms with Gasteiger partial charge in [0.1, 0.15) is 35.1 Å². The van der Waals surface area contributed by atoms with Crippen molar-refractivity contribution in [2.75, 3.05) is 6.54 Å². The number of fused-ring (bicyclic) bond motifs is 1. The van der Waals surface area contributed by atoms with Crippen LogP contribution in [0, 0.1) is 11.7 Å². The Morgan fingerprint density at radius 1 is 1.13 bits per heavy atom. The third-order valence-electron chi connectivity index (χ3n) is 9.40. The molecule has 3 fully saturated rings. The number of likely N-dealkylation sites (tertiary alicyclic amines) is 1. The van der Waals surface area contributed by atoms with Gasteiger partial charge in [0.05, 0.1) is 18.3 Å². The van der Waals surface area contributed by atoms with Gasteiger partial charge >= 0.3 is 12.2 Å². The van der Waals surface area contributed by atoms with Crippen LogP contribution in [-0.2, 0) is 51.8 Å². The van der Waals surface area contributed by atoms with Crippen LogP contribution in [0.15, 0.2) is 43.0 Å². The van der Waals surface area contributed by atoms with Gasteiger partial charge in [-0.3, -0.25) is 28.8 Å². The Morgan fingerprint density at radius 2 is 1.83 bits per heavy atom. The summed E-state index contributed by atoms with van der Waals surface area (Å²) in [5.41, 5.74) is -1.60. The predicted octanol–water partition coefficient (Wildman–Crippen LogP) is 2.35. The molecule has 15 nitrogen and oxygen atoms in total. The summed E-state index contributed by atoms with van der Waals surface area (Å²) < 4.78 is 52.7. The normalized spacial score (nSPS) is 24.2. The number of alkyl carbamates (subject to hydrolysis) is 1. The molecule has 5 atom stereocenters. The Balaban J connectivity index is 1.39. The Labute approximate surface area is 301 Å². The number of rotatable bonds is 12. The standard InChI is InChI=1S/C35H44FN5O10S/c1-7-21-15-35(21,31(45)39-52(48,49)23-11-12-23)38-29(43)27-13-22(50-33(47)40-16-20-9-8-10-25(36)24(20)18-40)17-41(27)30(44)26(14-28(42)19(2)3)37-32(46)51-34(4,5)6/h7-10,21-23,26-27H,1-2,11-18H2,3-6H3,(H,37,46)(H,38,43)(H,39,45)/t21-,22?,26+,27+,35-/m1/s1. The molecule has 2 saturated carbocycles. The second-order valence-electron chi connectivity index (χ2n) is 14.8. The summed E-state index contributed by atoms with van der Waals surface area (Å²) in [5.74, 6) is -4.37. The van der Waals surface area contributed by atoms with E-state index in [9.17, 15) is 41.6 Å². The van der Waals surface area contributed by atoms with Gasteiger partial charge in [-0.25, -0.2) is 22.4 Å². The lowest BCUT2D eigenvalue weighted by Gasteiger charge is -2.30. The van der Waals surface area contributed by atoms with E-state index in [4.69, 9.17) is 9.47 Å². The zero-order chi connectivity index (χ0) is 38.3. The molecule has 1 aromatic rings. The molecule has 2 aliphatic heterocycles. The lowest BCUT2D eigenvalue weighted by molar-refractivity contribution is -0.141. The van der Waals surface area contributed by atoms with E-state index in [0.29, 0.717) is 24.0 Å². The van der Waals surface area contributed by atoms with Gasteiger partial charge in [-0.2, -0.15) is 0 Å². The van der Waals surface area contributed by atoms with E-state index in [1.54, 1.807) is 26.8 Å². The molecule has 1 aromatic carbocycles. The summed E-state index contributed by atoms with van der Waals surface area (Å²) in [6, 6.07) is 1.54. The minimum atomic E-state index is -3.97. The fourth-order valence-corrected chi connectivity index (χ4v) is 7.69. The highest BCUT2D eigenvalue weighted by atomic mass is 32.2. The number of carbonyl (C=O) groups excluding carboxylic acids is 6. The molecule has 5 amide bonds. The van der Waals surface area contributed by atoms with Gasteiger partial charge in [0.15, 0.2) is 5.78 Å². The number of benzene rings is 1. The smallest absolute Gasteiger partial charge is 0.410 e. The van der Waals surface area contributed by atoms with Crippen molar-refractivity contribution in [3.8, 4) is 0 Å². The lowest BCUT2D eigenvalue weighted by Crippen LogP contribution is -2.58. The summed E-state index contributed by atoms with van der Waals surface area (Å²) in [6.45, 7) is 13.2. The van der Waals surface area contributed by atoms with Crippen LogP contribution in [0.5, 0.6) is 0 Å². The van der Waals surface area contributed by atoms with Crippen molar-refractivity contribution < 1.29 is 51.0 Å². The molecule has 4 aliphatic rings. The quantitative estimate of drug-likeness (QED) is 0.211. The minimum Gasteiger partial charge on any atom is -0.444 e. The summed E-state index contributed by atoms with van der Waals surface area (Å²) in [5, 5.41) is 4.33. The molecule has 0 radical (unpaired) electrons. The number of halogens is 1. The average molecular weight is 746 g/mol. The van der Waals surface area contributed by atoms with E-state index in [1.165, 1.54) is 30.0 Å². The van der Waals surface area contributed by atoms with Crippen LogP contribution < -0.4 is 15.4 Å². The molecule has 52 heavy (non-hydrogen) atoms. The summed E-state index contributed by atoms with van der Waals surface area (Å²) >= 11 is 0. The van der Waals surface area contributed by atoms with Crippen LogP contribution in [-0.4, -0.2) is 95.0 Å². The van der Waals surface area contributed by atoms with Gasteiger partial charge in [-0.15, -0.1) is 6.58 Å². The van der Waals surface area contributed by atoms with E-state index >= 15 is 0 Å². The molecule has 5 rings (SSSR count). The largest absolute Gasteiger partial charge is 0.444 e. The second kappa shape index (κ2) is 14.3. The first kappa shape index (κ1) is 38.4. The zero-order valence-electron chi connectivity index (χ0n) is 29.5. The molecule has 1 saturated heterocycles. The second-order valence-corrected chi connectivity index (χ2v) is 16.7. The third kappa shape index (κ3) is 8.45. The molecule has 282 valence electrons. The summed E-state index contributed by atoms with van der Waals surface area (Å²) in [7, 11) is -3.97. The highest BCUT2D eigenvalue weighted by Gasteiger charge is 2.62. The number of nitrogens with zero attached hydrogens (tertiary/aromatic N) is 2. The number of allylic oxidation sites excluding steroid dienone is 1. The van der Waals surface area contributed by atoms with E-state index in [1.807, 2.05) is 0 Å². The van der Waals surface area contributed by atoms with Crippen molar-refractivity contribution in [3.05, 3.63) is 60.0 Å². The van der Waals surface area contributed by atoms with Crippen LogP contribution in [0.25, 0.3) is 0 Å². The maximum atomic E-state index is 14.4. The average Bonchev–Trinajstić information content (AvgIpc) is 3.94. The molecule has 0 aromatic heterocycles. The molecule has 2 aliphatic carbocycles. The number of hydrogen-bond donors (Lipinski definition) is 3. The third-order valence-corrected chi connectivity index (χ3v) is 11.2.